The van der Waals surface area contributed by atoms with Gasteiger partial charge in [-0.15, -0.1) is 0 Å². The molecule has 0 heterocycles. The summed E-state index contributed by atoms with van der Waals surface area (Å²) in [5.41, 5.74) is 0. The Morgan fingerprint density at radius 1 is 1.30 bits per heavy atom. The Morgan fingerprint density at radius 3 is 2.40 bits per heavy atom. The third-order valence-corrected chi connectivity index (χ3v) is 3.20. The monoisotopic (exact) mass is 286 g/mol. The molecular formula is C13H22N2O5. The Morgan fingerprint density at radius 2 is 1.95 bits per heavy atom. The molecule has 1 unspecified atom stereocenters. The van der Waals surface area contributed by atoms with Gasteiger partial charge >= 0.3 is 18.0 Å². The first-order valence-corrected chi connectivity index (χ1v) is 6.94. The highest BCUT2D eigenvalue weighted by molar-refractivity contribution is 5.83. The van der Waals surface area contributed by atoms with Gasteiger partial charge in [0.25, 0.3) is 0 Å². The van der Waals surface area contributed by atoms with E-state index >= 15 is 0 Å². The molecule has 0 spiro atoms. The molecule has 0 aliphatic heterocycles. The van der Waals surface area contributed by atoms with Gasteiger partial charge in [-0.2, -0.15) is 0 Å². The molecule has 0 aromatic rings. The molecule has 1 atom stereocenters. The predicted octanol–water partition coefficient (Wildman–Crippen LogP) is 1.14. The molecule has 0 radical (unpaired) electrons. The summed E-state index contributed by atoms with van der Waals surface area (Å²) in [5, 5.41) is 20.0. The van der Waals surface area contributed by atoms with Crippen LogP contribution < -0.4 is 5.32 Å². The van der Waals surface area contributed by atoms with Crippen molar-refractivity contribution in [3.63, 3.8) is 0 Å². The lowest BCUT2D eigenvalue weighted by Gasteiger charge is -2.24. The van der Waals surface area contributed by atoms with E-state index in [-0.39, 0.29) is 12.8 Å². The zero-order valence-corrected chi connectivity index (χ0v) is 11.7. The van der Waals surface area contributed by atoms with Crippen molar-refractivity contribution in [2.75, 3.05) is 13.1 Å². The van der Waals surface area contributed by atoms with Crippen LogP contribution in [0.2, 0.25) is 0 Å². The Balaban J connectivity index is 2.52. The molecule has 1 saturated carbocycles. The summed E-state index contributed by atoms with van der Waals surface area (Å²) in [6, 6.07) is -1.58. The van der Waals surface area contributed by atoms with Gasteiger partial charge in [0.2, 0.25) is 0 Å². The van der Waals surface area contributed by atoms with Gasteiger partial charge in [0, 0.05) is 19.5 Å². The smallest absolute Gasteiger partial charge is 0.326 e. The van der Waals surface area contributed by atoms with Gasteiger partial charge in [-0.25, -0.2) is 9.59 Å². The average molecular weight is 286 g/mol. The topological polar surface area (TPSA) is 107 Å². The molecule has 0 bridgehead atoms. The van der Waals surface area contributed by atoms with E-state index in [0.717, 1.165) is 19.3 Å². The Labute approximate surface area is 117 Å². The van der Waals surface area contributed by atoms with Gasteiger partial charge in [0.05, 0.1) is 0 Å². The second-order valence-corrected chi connectivity index (χ2v) is 5.16. The Kier molecular flexibility index (Phi) is 6.27. The van der Waals surface area contributed by atoms with Gasteiger partial charge in [-0.3, -0.25) is 4.79 Å². The number of carbonyl (C=O) groups excluding carboxylic acids is 1. The Bertz CT molecular complexity index is 368. The minimum absolute atomic E-state index is 0.111. The van der Waals surface area contributed by atoms with Crippen LogP contribution in [0.5, 0.6) is 0 Å². The number of urea groups is 1. The summed E-state index contributed by atoms with van der Waals surface area (Å²) >= 11 is 0. The lowest BCUT2D eigenvalue weighted by Crippen LogP contribution is -2.48. The minimum atomic E-state index is -1.21. The van der Waals surface area contributed by atoms with Crippen molar-refractivity contribution in [3.8, 4) is 0 Å². The summed E-state index contributed by atoms with van der Waals surface area (Å²) in [5.74, 6) is -1.76. The molecule has 1 aliphatic rings. The van der Waals surface area contributed by atoms with Crippen molar-refractivity contribution >= 4 is 18.0 Å². The molecule has 0 saturated heterocycles. The summed E-state index contributed by atoms with van der Waals surface area (Å²) in [7, 11) is 0. The fourth-order valence-corrected chi connectivity index (χ4v) is 1.92. The number of nitrogens with zero attached hydrogens (tertiary/aromatic N) is 1. The molecule has 3 N–H and O–H groups in total. The maximum Gasteiger partial charge on any atom is 0.326 e. The fraction of sp³-hybridized carbons (Fsp3) is 0.769. The number of carboxylic acids is 2. The first-order valence-electron chi connectivity index (χ1n) is 6.94. The predicted molar refractivity (Wildman–Crippen MR) is 71.4 cm³/mol. The third kappa shape index (κ3) is 5.90. The molecule has 1 aliphatic carbocycles. The first kappa shape index (κ1) is 16.3. The highest BCUT2D eigenvalue weighted by Crippen LogP contribution is 2.29. The highest BCUT2D eigenvalue weighted by Gasteiger charge is 2.28. The zero-order valence-electron chi connectivity index (χ0n) is 11.7. The number of carboxylic acid groups (broad SMARTS) is 2. The summed E-state index contributed by atoms with van der Waals surface area (Å²) in [6.07, 6.45) is 2.62. The van der Waals surface area contributed by atoms with Gasteiger partial charge in [0.1, 0.15) is 6.04 Å². The van der Waals surface area contributed by atoms with Crippen LogP contribution in [0.3, 0.4) is 0 Å². The van der Waals surface area contributed by atoms with Crippen LogP contribution in [-0.2, 0) is 9.59 Å². The average Bonchev–Trinajstić information content (AvgIpc) is 3.17. The van der Waals surface area contributed by atoms with E-state index in [4.69, 9.17) is 10.2 Å². The van der Waals surface area contributed by atoms with Gasteiger partial charge in [0.15, 0.2) is 0 Å². The van der Waals surface area contributed by atoms with Crippen LogP contribution in [-0.4, -0.2) is 52.2 Å². The molecule has 1 rings (SSSR count). The molecular weight excluding hydrogens is 264 g/mol. The second-order valence-electron chi connectivity index (χ2n) is 5.16. The van der Waals surface area contributed by atoms with E-state index in [9.17, 15) is 14.4 Å². The van der Waals surface area contributed by atoms with Crippen molar-refractivity contribution in [1.82, 2.24) is 10.2 Å². The maximum absolute atomic E-state index is 12.1. The normalized spacial score (nSPS) is 15.4. The first-order chi connectivity index (χ1) is 9.43. The van der Waals surface area contributed by atoms with Gasteiger partial charge in [-0.1, -0.05) is 6.92 Å². The largest absolute Gasteiger partial charge is 0.481 e. The van der Waals surface area contributed by atoms with Crippen molar-refractivity contribution < 1.29 is 24.6 Å². The molecule has 0 aromatic heterocycles. The molecule has 0 aromatic carbocycles. The number of nitrogens with one attached hydrogen (secondary N) is 1. The standard InChI is InChI=1S/C13H22N2O5/c1-2-7-15(8-9-3-4-9)13(20)14-10(12(18)19)5-6-11(16)17/h9-10H,2-8H2,1H3,(H,14,20)(H,16,17)(H,18,19). The summed E-state index contributed by atoms with van der Waals surface area (Å²) in [4.78, 5) is 35.2. The van der Waals surface area contributed by atoms with Gasteiger partial charge in [-0.05, 0) is 31.6 Å². The zero-order chi connectivity index (χ0) is 15.1. The van der Waals surface area contributed by atoms with E-state index in [0.29, 0.717) is 19.0 Å². The number of rotatable bonds is 9. The van der Waals surface area contributed by atoms with Crippen LogP contribution in [0.1, 0.15) is 39.0 Å². The van der Waals surface area contributed by atoms with E-state index in [1.165, 1.54) is 0 Å². The second kappa shape index (κ2) is 7.72. The molecule has 20 heavy (non-hydrogen) atoms. The number of amides is 2. The van der Waals surface area contributed by atoms with Crippen LogP contribution in [0, 0.1) is 5.92 Å². The SMILES string of the molecule is CCCN(CC1CC1)C(=O)NC(CCC(=O)O)C(=O)O. The minimum Gasteiger partial charge on any atom is -0.481 e. The molecule has 1 fully saturated rings. The van der Waals surface area contributed by atoms with Crippen molar-refractivity contribution in [2.24, 2.45) is 5.92 Å². The van der Waals surface area contributed by atoms with Crippen LogP contribution >= 0.6 is 0 Å². The van der Waals surface area contributed by atoms with E-state index < -0.39 is 24.0 Å². The lowest BCUT2D eigenvalue weighted by molar-refractivity contribution is -0.140. The summed E-state index contributed by atoms with van der Waals surface area (Å²) in [6.45, 7) is 3.17. The van der Waals surface area contributed by atoms with Gasteiger partial charge < -0.3 is 20.4 Å². The van der Waals surface area contributed by atoms with Crippen LogP contribution in [0.4, 0.5) is 4.79 Å². The number of hydrogen-bond acceptors (Lipinski definition) is 3. The number of carbonyl (C=O) groups is 3. The quantitative estimate of drug-likeness (QED) is 0.589. The maximum atomic E-state index is 12.1. The Hall–Kier alpha value is -1.79. The summed E-state index contributed by atoms with van der Waals surface area (Å²) < 4.78 is 0. The fourth-order valence-electron chi connectivity index (χ4n) is 1.92. The highest BCUT2D eigenvalue weighted by atomic mass is 16.4. The van der Waals surface area contributed by atoms with Crippen LogP contribution in [0.15, 0.2) is 0 Å². The number of aliphatic carboxylic acids is 2. The third-order valence-electron chi connectivity index (χ3n) is 3.20. The van der Waals surface area contributed by atoms with Crippen molar-refractivity contribution in [3.05, 3.63) is 0 Å². The van der Waals surface area contributed by atoms with E-state index in [1.807, 2.05) is 6.92 Å². The van der Waals surface area contributed by atoms with E-state index in [1.54, 1.807) is 4.90 Å². The molecule has 114 valence electrons. The van der Waals surface area contributed by atoms with Crippen molar-refractivity contribution in [1.29, 1.82) is 0 Å². The molecule has 7 nitrogen and oxygen atoms in total. The number of hydrogen-bond donors (Lipinski definition) is 3. The lowest BCUT2D eigenvalue weighted by atomic mass is 10.1. The van der Waals surface area contributed by atoms with Crippen LogP contribution in [0.25, 0.3) is 0 Å². The van der Waals surface area contributed by atoms with E-state index in [2.05, 4.69) is 5.32 Å². The molecule has 2 amide bonds. The van der Waals surface area contributed by atoms with Crippen molar-refractivity contribution in [2.45, 2.75) is 45.1 Å². The molecule has 7 heteroatoms.